The van der Waals surface area contributed by atoms with Gasteiger partial charge in [-0.15, -0.1) is 0 Å². The second-order valence-electron chi connectivity index (χ2n) is 7.75. The summed E-state index contributed by atoms with van der Waals surface area (Å²) in [5.74, 6) is 0. The summed E-state index contributed by atoms with van der Waals surface area (Å²) < 4.78 is 22.8. The van der Waals surface area contributed by atoms with Gasteiger partial charge in [-0.2, -0.15) is 0 Å². The maximum atomic E-state index is 5.79. The zero-order chi connectivity index (χ0) is 20.7. The molecule has 2 heterocycles. The molecular weight excluding hydrogens is 382 g/mol. The zero-order valence-corrected chi connectivity index (χ0v) is 18.4. The molecule has 0 spiro atoms. The Hall–Kier alpha value is -1.38. The van der Waals surface area contributed by atoms with Crippen LogP contribution in [-0.4, -0.2) is 92.1 Å². The highest BCUT2D eigenvalue weighted by Crippen LogP contribution is 2.23. The number of hydrogen-bond acceptors (Lipinski definition) is 7. The van der Waals surface area contributed by atoms with Crippen molar-refractivity contribution in [2.45, 2.75) is 19.3 Å². The van der Waals surface area contributed by atoms with E-state index in [1.54, 1.807) is 0 Å². The van der Waals surface area contributed by atoms with Crippen molar-refractivity contribution in [2.75, 3.05) is 102 Å². The Balaban J connectivity index is 1.50. The lowest BCUT2D eigenvalue weighted by Gasteiger charge is -2.30. The van der Waals surface area contributed by atoms with Gasteiger partial charge < -0.3 is 34.1 Å². The largest absolute Gasteiger partial charge is 0.378 e. The van der Waals surface area contributed by atoms with Gasteiger partial charge >= 0.3 is 0 Å². The Morgan fingerprint density at radius 3 is 1.43 bits per heavy atom. The van der Waals surface area contributed by atoms with Crippen molar-refractivity contribution >= 4 is 11.4 Å². The number of rotatable bonds is 2. The summed E-state index contributed by atoms with van der Waals surface area (Å²) in [7, 11) is 0. The molecule has 2 aliphatic rings. The molecule has 3 rings (SSSR count). The van der Waals surface area contributed by atoms with Crippen molar-refractivity contribution in [3.05, 3.63) is 24.3 Å². The Morgan fingerprint density at radius 1 is 0.500 bits per heavy atom. The van der Waals surface area contributed by atoms with Crippen molar-refractivity contribution in [3.8, 4) is 0 Å². The van der Waals surface area contributed by atoms with Crippen molar-refractivity contribution in [1.29, 1.82) is 0 Å². The van der Waals surface area contributed by atoms with Crippen molar-refractivity contribution < 1.29 is 18.9 Å². The van der Waals surface area contributed by atoms with Gasteiger partial charge in [0.25, 0.3) is 0 Å². The second kappa shape index (κ2) is 14.6. The highest BCUT2D eigenvalue weighted by molar-refractivity contribution is 5.56. The molecule has 1 N–H and O–H groups in total. The molecule has 7 nitrogen and oxygen atoms in total. The third-order valence-electron chi connectivity index (χ3n) is 5.54. The maximum Gasteiger partial charge on any atom is 0.0701 e. The zero-order valence-electron chi connectivity index (χ0n) is 18.4. The van der Waals surface area contributed by atoms with Crippen LogP contribution < -0.4 is 15.1 Å². The quantitative estimate of drug-likeness (QED) is 0.785. The van der Waals surface area contributed by atoms with Crippen LogP contribution in [0.2, 0.25) is 0 Å². The standard InChI is InChI=1S/C23H39N3O4/c1-2-10-25(11-3-1)22-4-6-23(7-5-22)26-12-16-29-20-18-27-14-8-24-9-15-28-19-21-30-17-13-26/h4-7,24H,1-3,8-21H2. The molecule has 2 saturated heterocycles. The molecule has 2 fully saturated rings. The highest BCUT2D eigenvalue weighted by atomic mass is 16.5. The topological polar surface area (TPSA) is 55.4 Å². The van der Waals surface area contributed by atoms with Crippen LogP contribution in [0.5, 0.6) is 0 Å². The number of hydrogen-bond donors (Lipinski definition) is 1. The van der Waals surface area contributed by atoms with Crippen LogP contribution in [0.15, 0.2) is 24.3 Å². The Morgan fingerprint density at radius 2 is 0.933 bits per heavy atom. The minimum atomic E-state index is 0.626. The molecule has 2 aliphatic heterocycles. The lowest BCUT2D eigenvalue weighted by molar-refractivity contribution is 0.0409. The molecule has 7 heteroatoms. The molecule has 1 aromatic rings. The molecule has 0 atom stereocenters. The summed E-state index contributed by atoms with van der Waals surface area (Å²) >= 11 is 0. The van der Waals surface area contributed by atoms with E-state index in [-0.39, 0.29) is 0 Å². The minimum absolute atomic E-state index is 0.626. The van der Waals surface area contributed by atoms with Crippen LogP contribution >= 0.6 is 0 Å². The predicted octanol–water partition coefficient (Wildman–Crippen LogP) is 2.15. The van der Waals surface area contributed by atoms with Gasteiger partial charge in [-0.25, -0.2) is 0 Å². The van der Waals surface area contributed by atoms with E-state index in [2.05, 4.69) is 39.4 Å². The number of piperidine rings is 1. The van der Waals surface area contributed by atoms with Gasteiger partial charge in [-0.3, -0.25) is 0 Å². The average molecular weight is 422 g/mol. The van der Waals surface area contributed by atoms with E-state index in [9.17, 15) is 0 Å². The van der Waals surface area contributed by atoms with Gasteiger partial charge in [0.1, 0.15) is 0 Å². The van der Waals surface area contributed by atoms with Crippen LogP contribution in [0.4, 0.5) is 11.4 Å². The molecule has 170 valence electrons. The molecule has 0 amide bonds. The first-order chi connectivity index (χ1) is 14.9. The smallest absolute Gasteiger partial charge is 0.0701 e. The van der Waals surface area contributed by atoms with E-state index in [0.29, 0.717) is 52.9 Å². The molecule has 0 aliphatic carbocycles. The maximum absolute atomic E-state index is 5.79. The van der Waals surface area contributed by atoms with Crippen molar-refractivity contribution in [1.82, 2.24) is 5.32 Å². The number of ether oxygens (including phenoxy) is 4. The molecule has 0 radical (unpaired) electrons. The first kappa shape index (κ1) is 23.3. The predicted molar refractivity (Wildman–Crippen MR) is 121 cm³/mol. The fraction of sp³-hybridized carbons (Fsp3) is 0.739. The molecule has 0 saturated carbocycles. The van der Waals surface area contributed by atoms with Gasteiger partial charge in [0.05, 0.1) is 52.9 Å². The summed E-state index contributed by atoms with van der Waals surface area (Å²) in [4.78, 5) is 4.84. The molecule has 1 aromatic carbocycles. The van der Waals surface area contributed by atoms with E-state index in [1.165, 1.54) is 43.7 Å². The molecule has 30 heavy (non-hydrogen) atoms. The van der Waals surface area contributed by atoms with Gasteiger partial charge in [-0.1, -0.05) is 0 Å². The third-order valence-corrected chi connectivity index (χ3v) is 5.54. The first-order valence-corrected chi connectivity index (χ1v) is 11.5. The lowest BCUT2D eigenvalue weighted by atomic mass is 10.1. The lowest BCUT2D eigenvalue weighted by Crippen LogP contribution is -2.32. The monoisotopic (exact) mass is 421 g/mol. The molecule has 0 unspecified atom stereocenters. The van der Waals surface area contributed by atoms with Crippen LogP contribution in [0.25, 0.3) is 0 Å². The normalized spacial score (nSPS) is 22.3. The average Bonchev–Trinajstić information content (AvgIpc) is 2.80. The summed E-state index contributed by atoms with van der Waals surface area (Å²) in [6.45, 7) is 11.0. The second-order valence-corrected chi connectivity index (χ2v) is 7.75. The van der Waals surface area contributed by atoms with Crippen LogP contribution in [-0.2, 0) is 18.9 Å². The van der Waals surface area contributed by atoms with Gasteiger partial charge in [0.2, 0.25) is 0 Å². The molecular formula is C23H39N3O4. The van der Waals surface area contributed by atoms with E-state index in [1.807, 2.05) is 0 Å². The highest BCUT2D eigenvalue weighted by Gasteiger charge is 2.12. The number of anilines is 2. The van der Waals surface area contributed by atoms with E-state index in [4.69, 9.17) is 18.9 Å². The Labute approximate surface area is 181 Å². The number of nitrogens with one attached hydrogen (secondary N) is 1. The summed E-state index contributed by atoms with van der Waals surface area (Å²) in [5, 5.41) is 3.30. The fourth-order valence-electron chi connectivity index (χ4n) is 3.80. The number of nitrogens with zero attached hydrogens (tertiary/aromatic N) is 2. The number of benzene rings is 1. The third kappa shape index (κ3) is 8.78. The Bertz CT molecular complexity index is 534. The summed E-state index contributed by atoms with van der Waals surface area (Å²) in [5.41, 5.74) is 2.55. The van der Waals surface area contributed by atoms with Crippen molar-refractivity contribution in [3.63, 3.8) is 0 Å². The van der Waals surface area contributed by atoms with Crippen LogP contribution in [0, 0.1) is 0 Å². The van der Waals surface area contributed by atoms with Gasteiger partial charge in [0.15, 0.2) is 0 Å². The van der Waals surface area contributed by atoms with Crippen LogP contribution in [0.1, 0.15) is 19.3 Å². The molecule has 0 aromatic heterocycles. The molecule has 0 bridgehead atoms. The van der Waals surface area contributed by atoms with E-state index >= 15 is 0 Å². The van der Waals surface area contributed by atoms with Crippen LogP contribution in [0.3, 0.4) is 0 Å². The first-order valence-electron chi connectivity index (χ1n) is 11.5. The summed E-state index contributed by atoms with van der Waals surface area (Å²) in [6.07, 6.45) is 3.95. The van der Waals surface area contributed by atoms with E-state index in [0.717, 1.165) is 26.2 Å². The summed E-state index contributed by atoms with van der Waals surface area (Å²) in [6, 6.07) is 8.97. The van der Waals surface area contributed by atoms with Gasteiger partial charge in [-0.05, 0) is 43.5 Å². The van der Waals surface area contributed by atoms with E-state index < -0.39 is 0 Å². The SMILES string of the molecule is c1cc(N2CCOCCOCCNCCOCCOCC2)ccc1N1CCCCC1. The van der Waals surface area contributed by atoms with Gasteiger partial charge in [0, 0.05) is 50.6 Å². The Kier molecular flexibility index (Phi) is 11.3. The minimum Gasteiger partial charge on any atom is -0.378 e. The van der Waals surface area contributed by atoms with Crippen molar-refractivity contribution in [2.24, 2.45) is 0 Å². The fourth-order valence-corrected chi connectivity index (χ4v) is 3.80.